The van der Waals surface area contributed by atoms with E-state index in [9.17, 15) is 4.79 Å². The van der Waals surface area contributed by atoms with Crippen LogP contribution in [0.2, 0.25) is 0 Å². The van der Waals surface area contributed by atoms with E-state index in [1.165, 1.54) is 0 Å². The van der Waals surface area contributed by atoms with Crippen molar-refractivity contribution in [3.63, 3.8) is 0 Å². The molecule has 0 saturated carbocycles. The third-order valence-corrected chi connectivity index (χ3v) is 3.79. The molecule has 0 aliphatic rings. The van der Waals surface area contributed by atoms with Gasteiger partial charge >= 0.3 is 0 Å². The Morgan fingerprint density at radius 1 is 0.800 bits per heavy atom. The number of anilines is 1. The molecule has 0 heterocycles. The maximum absolute atomic E-state index is 12.6. The van der Waals surface area contributed by atoms with Gasteiger partial charge in [0.15, 0.2) is 5.78 Å². The zero-order chi connectivity index (χ0) is 17.5. The Kier molecular flexibility index (Phi) is 5.27. The summed E-state index contributed by atoms with van der Waals surface area (Å²) in [7, 11) is 1.63. The molecule has 0 spiro atoms. The van der Waals surface area contributed by atoms with Gasteiger partial charge in [-0.2, -0.15) is 0 Å². The van der Waals surface area contributed by atoms with Crippen LogP contribution in [0.1, 0.15) is 15.9 Å². The number of methoxy groups -OCH3 is 1. The molecule has 0 atom stereocenters. The maximum atomic E-state index is 12.6. The van der Waals surface area contributed by atoms with E-state index < -0.39 is 0 Å². The number of para-hydroxylation sites is 1. The second kappa shape index (κ2) is 7.97. The van der Waals surface area contributed by atoms with Gasteiger partial charge in [-0.15, -0.1) is 0 Å². The van der Waals surface area contributed by atoms with Crippen LogP contribution in [0, 0.1) is 0 Å². The number of rotatable bonds is 6. The van der Waals surface area contributed by atoms with Crippen molar-refractivity contribution in [1.82, 2.24) is 0 Å². The maximum Gasteiger partial charge on any atom is 0.187 e. The quantitative estimate of drug-likeness (QED) is 0.509. The van der Waals surface area contributed by atoms with Crippen molar-refractivity contribution in [2.75, 3.05) is 12.4 Å². The molecule has 0 aliphatic heterocycles. The van der Waals surface area contributed by atoms with Gasteiger partial charge in [0, 0.05) is 23.0 Å². The molecule has 25 heavy (non-hydrogen) atoms. The Hall–Kier alpha value is -3.33. The molecule has 124 valence electrons. The van der Waals surface area contributed by atoms with Gasteiger partial charge in [-0.25, -0.2) is 0 Å². The van der Waals surface area contributed by atoms with Crippen molar-refractivity contribution in [3.05, 3.63) is 102 Å². The van der Waals surface area contributed by atoms with Crippen molar-refractivity contribution >= 4 is 17.2 Å². The van der Waals surface area contributed by atoms with Crippen LogP contribution in [0.15, 0.2) is 91.0 Å². The molecule has 3 nitrogen and oxygen atoms in total. The normalized spacial score (nSPS) is 11.0. The van der Waals surface area contributed by atoms with Crippen molar-refractivity contribution in [3.8, 4) is 5.75 Å². The number of hydrogen-bond donors (Lipinski definition) is 1. The molecule has 0 unspecified atom stereocenters. The van der Waals surface area contributed by atoms with Crippen molar-refractivity contribution < 1.29 is 9.53 Å². The Morgan fingerprint density at radius 2 is 1.40 bits per heavy atom. The first kappa shape index (κ1) is 16.5. The van der Waals surface area contributed by atoms with Gasteiger partial charge in [0.25, 0.3) is 0 Å². The minimum absolute atomic E-state index is 0.0464. The van der Waals surface area contributed by atoms with E-state index in [4.69, 9.17) is 4.74 Å². The number of carbonyl (C=O) groups is 1. The zero-order valence-corrected chi connectivity index (χ0v) is 14.0. The minimum Gasteiger partial charge on any atom is -0.497 e. The van der Waals surface area contributed by atoms with E-state index in [1.54, 1.807) is 13.2 Å². The van der Waals surface area contributed by atoms with Crippen LogP contribution in [0.5, 0.6) is 5.75 Å². The van der Waals surface area contributed by atoms with Gasteiger partial charge in [-0.05, 0) is 42.0 Å². The third kappa shape index (κ3) is 4.36. The molecular formula is C22H19NO2. The largest absolute Gasteiger partial charge is 0.497 e. The van der Waals surface area contributed by atoms with Crippen LogP contribution in [0.25, 0.3) is 5.70 Å². The summed E-state index contributed by atoms with van der Waals surface area (Å²) in [5.41, 5.74) is 3.23. The van der Waals surface area contributed by atoms with Crippen LogP contribution < -0.4 is 10.1 Å². The average molecular weight is 329 g/mol. The highest BCUT2D eigenvalue weighted by molar-refractivity contribution is 6.09. The second-order valence-corrected chi connectivity index (χ2v) is 5.51. The Balaban J connectivity index is 1.95. The highest BCUT2D eigenvalue weighted by atomic mass is 16.5. The van der Waals surface area contributed by atoms with Crippen LogP contribution in [0.4, 0.5) is 5.69 Å². The lowest BCUT2D eigenvalue weighted by Crippen LogP contribution is -2.03. The van der Waals surface area contributed by atoms with E-state index in [2.05, 4.69) is 5.32 Å². The summed E-state index contributed by atoms with van der Waals surface area (Å²) in [6.07, 6.45) is 1.63. The van der Waals surface area contributed by atoms with E-state index in [1.807, 2.05) is 84.9 Å². The summed E-state index contributed by atoms with van der Waals surface area (Å²) >= 11 is 0. The van der Waals surface area contributed by atoms with E-state index >= 15 is 0 Å². The monoisotopic (exact) mass is 329 g/mol. The highest BCUT2D eigenvalue weighted by Crippen LogP contribution is 2.22. The Bertz CT molecular complexity index is 854. The van der Waals surface area contributed by atoms with Gasteiger partial charge in [-0.1, -0.05) is 48.5 Å². The molecule has 0 saturated heterocycles. The lowest BCUT2D eigenvalue weighted by molar-refractivity contribution is 0.104. The summed E-state index contributed by atoms with van der Waals surface area (Å²) in [5, 5.41) is 3.33. The smallest absolute Gasteiger partial charge is 0.187 e. The first-order valence-corrected chi connectivity index (χ1v) is 8.04. The third-order valence-electron chi connectivity index (χ3n) is 3.79. The first-order valence-electron chi connectivity index (χ1n) is 8.04. The van der Waals surface area contributed by atoms with Crippen LogP contribution in [-0.4, -0.2) is 12.9 Å². The van der Waals surface area contributed by atoms with Crippen molar-refractivity contribution in [1.29, 1.82) is 0 Å². The molecule has 3 aromatic carbocycles. The number of allylic oxidation sites excluding steroid dienone is 1. The second-order valence-electron chi connectivity index (χ2n) is 5.51. The molecule has 0 bridgehead atoms. The number of carbonyl (C=O) groups excluding carboxylic acids is 1. The number of ether oxygens (including phenoxy) is 1. The number of hydrogen-bond acceptors (Lipinski definition) is 3. The van der Waals surface area contributed by atoms with Crippen LogP contribution >= 0.6 is 0 Å². The molecule has 0 aromatic heterocycles. The summed E-state index contributed by atoms with van der Waals surface area (Å²) in [6.45, 7) is 0. The summed E-state index contributed by atoms with van der Waals surface area (Å²) in [5.74, 6) is 0.729. The molecule has 0 aliphatic carbocycles. The highest BCUT2D eigenvalue weighted by Gasteiger charge is 2.08. The standard InChI is InChI=1S/C22H19NO2/c1-25-20-14-12-17(13-15-20)21(23-19-10-6-3-7-11-19)16-22(24)18-8-4-2-5-9-18/h2-16,23H,1H3. The molecule has 0 fully saturated rings. The zero-order valence-electron chi connectivity index (χ0n) is 14.0. The van der Waals surface area contributed by atoms with E-state index in [-0.39, 0.29) is 5.78 Å². The molecule has 3 rings (SSSR count). The van der Waals surface area contributed by atoms with Crippen LogP contribution in [-0.2, 0) is 0 Å². The van der Waals surface area contributed by atoms with Crippen molar-refractivity contribution in [2.24, 2.45) is 0 Å². The predicted octanol–water partition coefficient (Wildman–Crippen LogP) is 5.03. The van der Waals surface area contributed by atoms with Crippen molar-refractivity contribution in [2.45, 2.75) is 0 Å². The minimum atomic E-state index is -0.0464. The Morgan fingerprint density at radius 3 is 2.00 bits per heavy atom. The fraction of sp³-hybridized carbons (Fsp3) is 0.0455. The molecule has 1 N–H and O–H groups in total. The van der Waals surface area contributed by atoms with E-state index in [0.717, 1.165) is 22.7 Å². The van der Waals surface area contributed by atoms with Gasteiger partial charge < -0.3 is 10.1 Å². The van der Waals surface area contributed by atoms with Gasteiger partial charge in [0.1, 0.15) is 5.75 Å². The fourth-order valence-electron chi connectivity index (χ4n) is 2.46. The SMILES string of the molecule is COc1ccc(C(=CC(=O)c2ccccc2)Nc2ccccc2)cc1. The molecule has 3 heteroatoms. The average Bonchev–Trinajstić information content (AvgIpc) is 2.69. The van der Waals surface area contributed by atoms with Crippen LogP contribution in [0.3, 0.4) is 0 Å². The number of benzene rings is 3. The number of ketones is 1. The van der Waals surface area contributed by atoms with Gasteiger partial charge in [0.2, 0.25) is 0 Å². The fourth-order valence-corrected chi connectivity index (χ4v) is 2.46. The summed E-state index contributed by atoms with van der Waals surface area (Å²) in [6, 6.07) is 26.6. The predicted molar refractivity (Wildman–Crippen MR) is 102 cm³/mol. The summed E-state index contributed by atoms with van der Waals surface area (Å²) < 4.78 is 5.21. The van der Waals surface area contributed by atoms with Gasteiger partial charge in [-0.3, -0.25) is 4.79 Å². The molecule has 0 radical (unpaired) electrons. The number of nitrogens with one attached hydrogen (secondary N) is 1. The lowest BCUT2D eigenvalue weighted by Gasteiger charge is -2.12. The lowest BCUT2D eigenvalue weighted by atomic mass is 10.1. The van der Waals surface area contributed by atoms with E-state index in [0.29, 0.717) is 5.56 Å². The first-order chi connectivity index (χ1) is 12.3. The molecule has 0 amide bonds. The molecule has 3 aromatic rings. The Labute approximate surface area is 147 Å². The topological polar surface area (TPSA) is 38.3 Å². The van der Waals surface area contributed by atoms with Gasteiger partial charge in [0.05, 0.1) is 7.11 Å². The summed E-state index contributed by atoms with van der Waals surface area (Å²) in [4.78, 5) is 12.6. The molecular weight excluding hydrogens is 310 g/mol.